The van der Waals surface area contributed by atoms with Crippen molar-refractivity contribution in [2.45, 2.75) is 12.8 Å². The first-order chi connectivity index (χ1) is 9.22. The lowest BCUT2D eigenvalue weighted by Crippen LogP contribution is -2.17. The molecule has 0 unspecified atom stereocenters. The molecule has 0 spiro atoms. The van der Waals surface area contributed by atoms with Gasteiger partial charge in [0.15, 0.2) is 0 Å². The largest absolute Gasteiger partial charge is 0.385 e. The molecule has 6 nitrogen and oxygen atoms in total. The van der Waals surface area contributed by atoms with Gasteiger partial charge in [0, 0.05) is 33.0 Å². The molecule has 1 aromatic heterocycles. The van der Waals surface area contributed by atoms with Crippen LogP contribution in [0.15, 0.2) is 12.3 Å². The fraction of sp³-hybridized carbons (Fsp3) is 0.692. The van der Waals surface area contributed by atoms with E-state index in [1.165, 1.54) is 0 Å². The topological polar surface area (TPSA) is 62.3 Å². The number of nitrogens with zero attached hydrogens (tertiary/aromatic N) is 3. The molecule has 0 aliphatic heterocycles. The molecule has 108 valence electrons. The van der Waals surface area contributed by atoms with Gasteiger partial charge in [-0.1, -0.05) is 0 Å². The Labute approximate surface area is 115 Å². The number of methoxy groups -OCH3 is 1. The summed E-state index contributed by atoms with van der Waals surface area (Å²) in [5.41, 5.74) is 0. The van der Waals surface area contributed by atoms with Crippen LogP contribution in [0.2, 0.25) is 0 Å². The molecule has 1 heterocycles. The number of rotatable bonds is 10. The first-order valence-electron chi connectivity index (χ1n) is 6.67. The second-order valence-corrected chi connectivity index (χ2v) is 4.62. The van der Waals surface area contributed by atoms with Crippen LogP contribution in [0, 0.1) is 0 Å². The minimum Gasteiger partial charge on any atom is -0.385 e. The lowest BCUT2D eigenvalue weighted by atomic mass is 10.4. The van der Waals surface area contributed by atoms with Gasteiger partial charge in [-0.15, -0.1) is 0 Å². The Kier molecular flexibility index (Phi) is 7.84. The molecule has 0 radical (unpaired) electrons. The summed E-state index contributed by atoms with van der Waals surface area (Å²) in [7, 11) is 5.86. The number of hydrogen-bond donors (Lipinski definition) is 2. The predicted octanol–water partition coefficient (Wildman–Crippen LogP) is 1.29. The molecule has 0 fully saturated rings. The third kappa shape index (κ3) is 7.58. The number of hydrogen-bond acceptors (Lipinski definition) is 6. The first-order valence-corrected chi connectivity index (χ1v) is 6.67. The van der Waals surface area contributed by atoms with Gasteiger partial charge >= 0.3 is 0 Å². The highest BCUT2D eigenvalue weighted by atomic mass is 16.5. The zero-order valence-corrected chi connectivity index (χ0v) is 12.1. The van der Waals surface area contributed by atoms with Gasteiger partial charge in [-0.05, 0) is 39.5 Å². The number of anilines is 2. The van der Waals surface area contributed by atoms with Gasteiger partial charge in [0.25, 0.3) is 0 Å². The van der Waals surface area contributed by atoms with Gasteiger partial charge in [-0.25, -0.2) is 4.98 Å². The summed E-state index contributed by atoms with van der Waals surface area (Å²) < 4.78 is 4.99. The van der Waals surface area contributed by atoms with E-state index in [9.17, 15) is 0 Å². The molecule has 19 heavy (non-hydrogen) atoms. The highest BCUT2D eigenvalue weighted by Crippen LogP contribution is 2.05. The summed E-state index contributed by atoms with van der Waals surface area (Å²) in [5.74, 6) is 1.52. The molecule has 0 atom stereocenters. The van der Waals surface area contributed by atoms with Crippen LogP contribution in [0.5, 0.6) is 0 Å². The van der Waals surface area contributed by atoms with Gasteiger partial charge in [0.05, 0.1) is 0 Å². The minimum absolute atomic E-state index is 0.661. The van der Waals surface area contributed by atoms with Crippen molar-refractivity contribution in [1.82, 2.24) is 14.9 Å². The highest BCUT2D eigenvalue weighted by molar-refractivity contribution is 5.39. The lowest BCUT2D eigenvalue weighted by molar-refractivity contribution is 0.197. The van der Waals surface area contributed by atoms with Crippen molar-refractivity contribution < 1.29 is 4.74 Å². The van der Waals surface area contributed by atoms with E-state index < -0.39 is 0 Å². The summed E-state index contributed by atoms with van der Waals surface area (Å²) in [5, 5.41) is 6.48. The smallest absolute Gasteiger partial charge is 0.224 e. The fourth-order valence-electron chi connectivity index (χ4n) is 1.57. The average molecular weight is 267 g/mol. The summed E-state index contributed by atoms with van der Waals surface area (Å²) in [6, 6.07) is 1.88. The molecular formula is C13H25N5O. The summed E-state index contributed by atoms with van der Waals surface area (Å²) in [6.07, 6.45) is 3.80. The molecule has 1 aromatic rings. The van der Waals surface area contributed by atoms with E-state index in [0.29, 0.717) is 5.95 Å². The third-order valence-electron chi connectivity index (χ3n) is 2.55. The maximum atomic E-state index is 4.99. The second kappa shape index (κ2) is 9.52. The SMILES string of the molecule is COCCCNc1nccc(NCCCN(C)C)n1. The van der Waals surface area contributed by atoms with Crippen LogP contribution < -0.4 is 10.6 Å². The first kappa shape index (κ1) is 15.7. The van der Waals surface area contributed by atoms with Gasteiger partial charge in [0.1, 0.15) is 5.82 Å². The van der Waals surface area contributed by atoms with Crippen molar-refractivity contribution in [3.05, 3.63) is 12.3 Å². The zero-order valence-electron chi connectivity index (χ0n) is 12.1. The standard InChI is InChI=1S/C13H25N5O/c1-18(2)10-4-7-14-12-6-9-16-13(17-12)15-8-5-11-19-3/h6,9H,4-5,7-8,10-11H2,1-3H3,(H2,14,15,16,17). The molecular weight excluding hydrogens is 242 g/mol. The molecule has 0 amide bonds. The van der Waals surface area contributed by atoms with E-state index in [-0.39, 0.29) is 0 Å². The fourth-order valence-corrected chi connectivity index (χ4v) is 1.57. The van der Waals surface area contributed by atoms with E-state index in [0.717, 1.165) is 44.9 Å². The maximum Gasteiger partial charge on any atom is 0.224 e. The van der Waals surface area contributed by atoms with Crippen molar-refractivity contribution in [3.63, 3.8) is 0 Å². The van der Waals surface area contributed by atoms with Gasteiger partial charge in [-0.2, -0.15) is 4.98 Å². The monoisotopic (exact) mass is 267 g/mol. The summed E-state index contributed by atoms with van der Waals surface area (Å²) in [4.78, 5) is 10.8. The molecule has 0 aliphatic rings. The van der Waals surface area contributed by atoms with E-state index in [1.807, 2.05) is 6.07 Å². The Morgan fingerprint density at radius 3 is 2.74 bits per heavy atom. The molecule has 0 saturated heterocycles. The van der Waals surface area contributed by atoms with Crippen molar-refractivity contribution in [2.24, 2.45) is 0 Å². The zero-order chi connectivity index (χ0) is 13.9. The van der Waals surface area contributed by atoms with Crippen LogP contribution in [0.3, 0.4) is 0 Å². The lowest BCUT2D eigenvalue weighted by Gasteiger charge is -2.11. The number of ether oxygens (including phenoxy) is 1. The van der Waals surface area contributed by atoms with Gasteiger partial charge < -0.3 is 20.3 Å². The summed E-state index contributed by atoms with van der Waals surface area (Å²) in [6.45, 7) is 3.55. The molecule has 2 N–H and O–H groups in total. The van der Waals surface area contributed by atoms with Crippen LogP contribution in [0.4, 0.5) is 11.8 Å². The van der Waals surface area contributed by atoms with Crippen molar-refractivity contribution in [1.29, 1.82) is 0 Å². The predicted molar refractivity (Wildman–Crippen MR) is 78.7 cm³/mol. The summed E-state index contributed by atoms with van der Waals surface area (Å²) >= 11 is 0. The normalized spacial score (nSPS) is 10.7. The van der Waals surface area contributed by atoms with Crippen LogP contribution in [0.1, 0.15) is 12.8 Å². The van der Waals surface area contributed by atoms with E-state index in [4.69, 9.17) is 4.74 Å². The van der Waals surface area contributed by atoms with Crippen LogP contribution in [0.25, 0.3) is 0 Å². The maximum absolute atomic E-state index is 4.99. The second-order valence-electron chi connectivity index (χ2n) is 4.62. The van der Waals surface area contributed by atoms with Crippen molar-refractivity contribution in [3.8, 4) is 0 Å². The van der Waals surface area contributed by atoms with Gasteiger partial charge in [-0.3, -0.25) is 0 Å². The molecule has 0 bridgehead atoms. The third-order valence-corrected chi connectivity index (χ3v) is 2.55. The van der Waals surface area contributed by atoms with Crippen LogP contribution >= 0.6 is 0 Å². The molecule has 6 heteroatoms. The van der Waals surface area contributed by atoms with E-state index in [2.05, 4.69) is 39.6 Å². The quantitative estimate of drug-likeness (QED) is 0.623. The number of aromatic nitrogens is 2. The average Bonchev–Trinajstić information content (AvgIpc) is 2.40. The molecule has 0 aliphatic carbocycles. The van der Waals surface area contributed by atoms with Crippen LogP contribution in [-0.4, -0.2) is 62.3 Å². The molecule has 1 rings (SSSR count). The minimum atomic E-state index is 0.661. The molecule has 0 saturated carbocycles. The van der Waals surface area contributed by atoms with Crippen molar-refractivity contribution in [2.75, 3.05) is 58.1 Å². The molecule has 0 aromatic carbocycles. The Morgan fingerprint density at radius 1 is 1.21 bits per heavy atom. The van der Waals surface area contributed by atoms with Crippen molar-refractivity contribution >= 4 is 11.8 Å². The number of nitrogens with one attached hydrogen (secondary N) is 2. The van der Waals surface area contributed by atoms with Gasteiger partial charge in [0.2, 0.25) is 5.95 Å². The Morgan fingerprint density at radius 2 is 2.00 bits per heavy atom. The van der Waals surface area contributed by atoms with Crippen LogP contribution in [-0.2, 0) is 4.74 Å². The van der Waals surface area contributed by atoms with E-state index >= 15 is 0 Å². The Hall–Kier alpha value is -1.40. The Balaban J connectivity index is 2.27. The Bertz CT molecular complexity index is 346. The van der Waals surface area contributed by atoms with E-state index in [1.54, 1.807) is 13.3 Å². The highest BCUT2D eigenvalue weighted by Gasteiger charge is 1.98.